The second-order valence-corrected chi connectivity index (χ2v) is 9.85. The molecule has 1 aromatic carbocycles. The highest BCUT2D eigenvalue weighted by Gasteiger charge is 2.35. The number of hydrogen-bond donors (Lipinski definition) is 1. The molecule has 9 heteroatoms. The number of rotatable bonds is 6. The van der Waals surface area contributed by atoms with Crippen molar-refractivity contribution in [3.05, 3.63) is 35.9 Å². The van der Waals surface area contributed by atoms with E-state index in [1.807, 2.05) is 6.07 Å². The number of likely N-dealkylation sites (tertiary alicyclic amines) is 1. The fraction of sp³-hybridized carbons (Fsp3) is 0.565. The Balaban J connectivity index is 1.14. The highest BCUT2D eigenvalue weighted by Crippen LogP contribution is 2.33. The molecule has 3 saturated heterocycles. The summed E-state index contributed by atoms with van der Waals surface area (Å²) < 4.78 is 0. The van der Waals surface area contributed by atoms with E-state index in [9.17, 15) is 9.59 Å². The van der Waals surface area contributed by atoms with Gasteiger partial charge in [-0.1, -0.05) is 41.7 Å². The summed E-state index contributed by atoms with van der Waals surface area (Å²) in [6.45, 7) is 4.48. The second-order valence-electron chi connectivity index (χ2n) is 8.91. The molecule has 1 N–H and O–H groups in total. The Kier molecular flexibility index (Phi) is 6.36. The lowest BCUT2D eigenvalue weighted by Crippen LogP contribution is -2.50. The minimum atomic E-state index is -0.201. The van der Waals surface area contributed by atoms with E-state index < -0.39 is 0 Å². The molecule has 1 aromatic heterocycles. The molecule has 4 heterocycles. The molecule has 5 rings (SSSR count). The summed E-state index contributed by atoms with van der Waals surface area (Å²) in [4.78, 5) is 31.4. The zero-order valence-electron chi connectivity index (χ0n) is 18.3. The van der Waals surface area contributed by atoms with Gasteiger partial charge in [0, 0.05) is 45.2 Å². The van der Waals surface area contributed by atoms with Crippen molar-refractivity contribution in [3.63, 3.8) is 0 Å². The number of benzene rings is 1. The Labute approximate surface area is 192 Å². The lowest BCUT2D eigenvalue weighted by molar-refractivity contribution is -0.123. The highest BCUT2D eigenvalue weighted by atomic mass is 32.1. The molecule has 3 fully saturated rings. The van der Waals surface area contributed by atoms with Crippen LogP contribution in [0.3, 0.4) is 0 Å². The molecule has 0 bridgehead atoms. The lowest BCUT2D eigenvalue weighted by atomic mass is 10.0. The number of hydrogen-bond acceptors (Lipinski definition) is 7. The zero-order valence-corrected chi connectivity index (χ0v) is 19.1. The first-order valence-electron chi connectivity index (χ1n) is 11.6. The quantitative estimate of drug-likeness (QED) is 0.722. The molecule has 3 aliphatic rings. The van der Waals surface area contributed by atoms with Gasteiger partial charge in [0.25, 0.3) is 0 Å². The smallest absolute Gasteiger partial charge is 0.243 e. The zero-order chi connectivity index (χ0) is 21.9. The summed E-state index contributed by atoms with van der Waals surface area (Å²) in [5.41, 5.74) is 1.34. The van der Waals surface area contributed by atoms with Crippen molar-refractivity contribution in [2.24, 2.45) is 0 Å². The van der Waals surface area contributed by atoms with Crippen LogP contribution in [0.25, 0.3) is 0 Å². The van der Waals surface area contributed by atoms with Gasteiger partial charge in [0.15, 0.2) is 0 Å². The van der Waals surface area contributed by atoms with E-state index in [2.05, 4.69) is 49.6 Å². The van der Waals surface area contributed by atoms with Crippen LogP contribution in [0.5, 0.6) is 0 Å². The highest BCUT2D eigenvalue weighted by molar-refractivity contribution is 7.19. The van der Waals surface area contributed by atoms with Crippen LogP contribution in [0.15, 0.2) is 30.3 Å². The maximum Gasteiger partial charge on any atom is 0.243 e. The van der Waals surface area contributed by atoms with Gasteiger partial charge in [0.05, 0.1) is 0 Å². The molecule has 2 aromatic rings. The minimum Gasteiger partial charge on any atom is -0.351 e. The Bertz CT molecular complexity index is 943. The molecule has 1 unspecified atom stereocenters. The molecular formula is C23H30N6O2S. The van der Waals surface area contributed by atoms with Crippen LogP contribution in [0.1, 0.15) is 44.1 Å². The van der Waals surface area contributed by atoms with Crippen LogP contribution in [0, 0.1) is 0 Å². The van der Waals surface area contributed by atoms with Crippen molar-refractivity contribution in [2.75, 3.05) is 36.0 Å². The predicted molar refractivity (Wildman–Crippen MR) is 125 cm³/mol. The molecule has 0 radical (unpaired) electrons. The lowest BCUT2D eigenvalue weighted by Gasteiger charge is -2.33. The van der Waals surface area contributed by atoms with Crippen LogP contribution in [-0.4, -0.2) is 65.2 Å². The van der Waals surface area contributed by atoms with Crippen LogP contribution < -0.4 is 15.1 Å². The first-order chi connectivity index (χ1) is 15.7. The average Bonchev–Trinajstić information content (AvgIpc) is 3.56. The SMILES string of the molecule is O=C(NC1CCN(Cc2ccccc2)CC1)C1CCCN1c1nnc(N2CCCC2=O)s1. The number of carbonyl (C=O) groups excluding carboxylic acids is 2. The van der Waals surface area contributed by atoms with Gasteiger partial charge in [-0.2, -0.15) is 0 Å². The van der Waals surface area contributed by atoms with Crippen LogP contribution in [0.2, 0.25) is 0 Å². The predicted octanol–water partition coefficient (Wildman–Crippen LogP) is 2.41. The molecule has 32 heavy (non-hydrogen) atoms. The average molecular weight is 455 g/mol. The number of nitrogens with one attached hydrogen (secondary N) is 1. The number of aromatic nitrogens is 2. The van der Waals surface area contributed by atoms with Crippen molar-refractivity contribution < 1.29 is 9.59 Å². The van der Waals surface area contributed by atoms with Gasteiger partial charge in [-0.15, -0.1) is 10.2 Å². The molecule has 0 spiro atoms. The summed E-state index contributed by atoms with van der Waals surface area (Å²) in [6.07, 6.45) is 5.19. The Morgan fingerprint density at radius 3 is 2.53 bits per heavy atom. The third-order valence-corrected chi connectivity index (χ3v) is 7.68. The van der Waals surface area contributed by atoms with Crippen LogP contribution >= 0.6 is 11.3 Å². The monoisotopic (exact) mass is 454 g/mol. The summed E-state index contributed by atoms with van der Waals surface area (Å²) >= 11 is 1.42. The first-order valence-corrected chi connectivity index (χ1v) is 12.5. The van der Waals surface area contributed by atoms with Gasteiger partial charge in [-0.3, -0.25) is 19.4 Å². The van der Waals surface area contributed by atoms with Gasteiger partial charge in [0.1, 0.15) is 6.04 Å². The summed E-state index contributed by atoms with van der Waals surface area (Å²) in [5, 5.41) is 13.3. The van der Waals surface area contributed by atoms with Crippen molar-refractivity contribution in [1.82, 2.24) is 20.4 Å². The van der Waals surface area contributed by atoms with Gasteiger partial charge in [-0.05, 0) is 37.7 Å². The summed E-state index contributed by atoms with van der Waals surface area (Å²) in [6, 6.07) is 10.6. The maximum absolute atomic E-state index is 13.1. The van der Waals surface area contributed by atoms with Gasteiger partial charge >= 0.3 is 0 Å². The standard InChI is InChI=1S/C23H30N6O2S/c30-20-9-5-13-29(20)23-26-25-22(32-23)28-12-4-8-19(28)21(31)24-18-10-14-27(15-11-18)16-17-6-2-1-3-7-17/h1-3,6-7,18-19H,4-5,8-16H2,(H,24,31). The van der Waals surface area contributed by atoms with E-state index in [-0.39, 0.29) is 23.9 Å². The van der Waals surface area contributed by atoms with Gasteiger partial charge in [0.2, 0.25) is 22.1 Å². The van der Waals surface area contributed by atoms with E-state index in [1.54, 1.807) is 4.90 Å². The van der Waals surface area contributed by atoms with Gasteiger partial charge in [-0.25, -0.2) is 0 Å². The number of amides is 2. The van der Waals surface area contributed by atoms with Crippen LogP contribution in [-0.2, 0) is 16.1 Å². The van der Waals surface area contributed by atoms with Crippen molar-refractivity contribution in [1.29, 1.82) is 0 Å². The van der Waals surface area contributed by atoms with Crippen LogP contribution in [0.4, 0.5) is 10.3 Å². The Morgan fingerprint density at radius 1 is 1.00 bits per heavy atom. The molecular weight excluding hydrogens is 424 g/mol. The molecule has 8 nitrogen and oxygen atoms in total. The molecule has 3 aliphatic heterocycles. The van der Waals surface area contributed by atoms with Gasteiger partial charge < -0.3 is 10.2 Å². The minimum absolute atomic E-state index is 0.0954. The third-order valence-electron chi connectivity index (χ3n) is 6.69. The molecule has 2 amide bonds. The number of anilines is 2. The van der Waals surface area contributed by atoms with Crippen molar-refractivity contribution in [2.45, 2.75) is 57.2 Å². The van der Waals surface area contributed by atoms with E-state index in [1.165, 1.54) is 16.9 Å². The molecule has 170 valence electrons. The Morgan fingerprint density at radius 2 is 1.78 bits per heavy atom. The third kappa shape index (κ3) is 4.63. The van der Waals surface area contributed by atoms with Crippen molar-refractivity contribution in [3.8, 4) is 0 Å². The fourth-order valence-electron chi connectivity index (χ4n) is 4.93. The van der Waals surface area contributed by atoms with E-state index in [4.69, 9.17) is 0 Å². The van der Waals surface area contributed by atoms with E-state index in [0.29, 0.717) is 18.1 Å². The number of piperidine rings is 1. The summed E-state index contributed by atoms with van der Waals surface area (Å²) in [7, 11) is 0. The maximum atomic E-state index is 13.1. The topological polar surface area (TPSA) is 81.7 Å². The summed E-state index contributed by atoms with van der Waals surface area (Å²) in [5.74, 6) is 0.208. The molecule has 1 atom stereocenters. The second kappa shape index (κ2) is 9.54. The fourth-order valence-corrected chi connectivity index (χ4v) is 5.89. The van der Waals surface area contributed by atoms with E-state index >= 15 is 0 Å². The van der Waals surface area contributed by atoms with E-state index in [0.717, 1.165) is 63.4 Å². The molecule has 0 saturated carbocycles. The number of carbonyl (C=O) groups is 2. The largest absolute Gasteiger partial charge is 0.351 e. The van der Waals surface area contributed by atoms with Crippen molar-refractivity contribution >= 4 is 33.4 Å². The number of nitrogens with zero attached hydrogens (tertiary/aromatic N) is 5. The Hall–Kier alpha value is -2.52. The first kappa shape index (κ1) is 21.3. The normalized spacial score (nSPS) is 22.6. The molecule has 0 aliphatic carbocycles.